The van der Waals surface area contributed by atoms with Gasteiger partial charge in [0.25, 0.3) is 0 Å². The van der Waals surface area contributed by atoms with E-state index in [-0.39, 0.29) is 11.9 Å². The van der Waals surface area contributed by atoms with Crippen molar-refractivity contribution in [2.45, 2.75) is 32.1 Å². The van der Waals surface area contributed by atoms with Gasteiger partial charge in [-0.05, 0) is 29.9 Å². The molecule has 94 valence electrons. The second kappa shape index (κ2) is 6.64. The Morgan fingerprint density at radius 2 is 1.94 bits per heavy atom. The Bertz CT molecular complexity index is 354. The van der Waals surface area contributed by atoms with E-state index in [0.717, 1.165) is 5.56 Å². The van der Waals surface area contributed by atoms with Crippen LogP contribution in [0.25, 0.3) is 0 Å². The van der Waals surface area contributed by atoms with Gasteiger partial charge in [-0.25, -0.2) is 0 Å². The lowest BCUT2D eigenvalue weighted by atomic mass is 10.1. The van der Waals surface area contributed by atoms with E-state index >= 15 is 0 Å². The summed E-state index contributed by atoms with van der Waals surface area (Å²) in [5.41, 5.74) is 1.12. The van der Waals surface area contributed by atoms with Crippen molar-refractivity contribution in [3.05, 3.63) is 30.1 Å². The number of rotatable bonds is 5. The molecule has 0 bridgehead atoms. The van der Waals surface area contributed by atoms with E-state index in [2.05, 4.69) is 18.8 Å². The lowest BCUT2D eigenvalue weighted by Gasteiger charge is -2.25. The summed E-state index contributed by atoms with van der Waals surface area (Å²) >= 11 is 1.68. The molecule has 0 N–H and O–H groups in total. The van der Waals surface area contributed by atoms with Crippen LogP contribution in [0.4, 0.5) is 0 Å². The molecular formula is C13H20N2OS. The highest BCUT2D eigenvalue weighted by Crippen LogP contribution is 2.19. The first-order chi connectivity index (χ1) is 8.02. The molecule has 0 fully saturated rings. The summed E-state index contributed by atoms with van der Waals surface area (Å²) in [4.78, 5) is 17.7. The quantitative estimate of drug-likeness (QED) is 0.808. The predicted molar refractivity (Wildman–Crippen MR) is 73.0 cm³/mol. The molecule has 4 heteroatoms. The van der Waals surface area contributed by atoms with Crippen molar-refractivity contribution in [1.82, 2.24) is 9.88 Å². The van der Waals surface area contributed by atoms with Gasteiger partial charge < -0.3 is 4.90 Å². The van der Waals surface area contributed by atoms with Gasteiger partial charge in [-0.15, -0.1) is 11.8 Å². The van der Waals surface area contributed by atoms with E-state index in [1.54, 1.807) is 29.1 Å². The number of carbonyl (C=O) groups is 1. The fourth-order valence-electron chi connectivity index (χ4n) is 1.42. The minimum atomic E-state index is 0.0956. The minimum absolute atomic E-state index is 0.0956. The summed E-state index contributed by atoms with van der Waals surface area (Å²) in [6, 6.07) is 3.99. The van der Waals surface area contributed by atoms with E-state index in [9.17, 15) is 4.79 Å². The zero-order valence-electron chi connectivity index (χ0n) is 10.9. The Labute approximate surface area is 108 Å². The average molecular weight is 252 g/mol. The highest BCUT2D eigenvalue weighted by atomic mass is 32.2. The van der Waals surface area contributed by atoms with Crippen LogP contribution in [0.5, 0.6) is 0 Å². The average Bonchev–Trinajstić information content (AvgIpc) is 2.35. The molecule has 1 amide bonds. The first-order valence-electron chi connectivity index (χ1n) is 5.79. The van der Waals surface area contributed by atoms with E-state index in [1.807, 2.05) is 26.1 Å². The second-order valence-corrected chi connectivity index (χ2v) is 5.89. The van der Waals surface area contributed by atoms with Crippen LogP contribution in [0.15, 0.2) is 24.5 Å². The summed E-state index contributed by atoms with van der Waals surface area (Å²) in [7, 11) is 1.86. The third-order valence-electron chi connectivity index (χ3n) is 2.70. The normalized spacial score (nSPS) is 12.5. The monoisotopic (exact) mass is 252 g/mol. The fraction of sp³-hybridized carbons (Fsp3) is 0.538. The van der Waals surface area contributed by atoms with Gasteiger partial charge >= 0.3 is 0 Å². The molecule has 0 aliphatic heterocycles. The predicted octanol–water partition coefficient (Wildman–Crippen LogP) is 2.74. The zero-order valence-corrected chi connectivity index (χ0v) is 11.7. The SMILES string of the molecule is CC(C)SCC(=O)N(C)C(C)c1ccncc1. The van der Waals surface area contributed by atoms with Crippen molar-refractivity contribution < 1.29 is 4.79 Å². The van der Waals surface area contributed by atoms with Crippen molar-refractivity contribution in [3.8, 4) is 0 Å². The summed E-state index contributed by atoms with van der Waals surface area (Å²) < 4.78 is 0. The van der Waals surface area contributed by atoms with Gasteiger partial charge in [0, 0.05) is 19.4 Å². The summed E-state index contributed by atoms with van der Waals surface area (Å²) in [6.07, 6.45) is 3.51. The van der Waals surface area contributed by atoms with Gasteiger partial charge in [0.05, 0.1) is 11.8 Å². The molecule has 1 aromatic heterocycles. The highest BCUT2D eigenvalue weighted by Gasteiger charge is 2.17. The van der Waals surface area contributed by atoms with E-state index < -0.39 is 0 Å². The summed E-state index contributed by atoms with van der Waals surface area (Å²) in [6.45, 7) is 6.24. The largest absolute Gasteiger partial charge is 0.338 e. The summed E-state index contributed by atoms with van der Waals surface area (Å²) in [5, 5.41) is 0.489. The molecule has 0 aliphatic carbocycles. The van der Waals surface area contributed by atoms with Crippen molar-refractivity contribution in [2.24, 2.45) is 0 Å². The molecule has 0 radical (unpaired) electrons. The van der Waals surface area contributed by atoms with Crippen LogP contribution in [0, 0.1) is 0 Å². The third-order valence-corrected chi connectivity index (χ3v) is 3.78. The van der Waals surface area contributed by atoms with Gasteiger partial charge in [-0.1, -0.05) is 13.8 Å². The van der Waals surface area contributed by atoms with Gasteiger partial charge in [0.1, 0.15) is 0 Å². The molecule has 0 saturated carbocycles. The first-order valence-corrected chi connectivity index (χ1v) is 6.84. The van der Waals surface area contributed by atoms with Crippen molar-refractivity contribution in [2.75, 3.05) is 12.8 Å². The maximum Gasteiger partial charge on any atom is 0.232 e. The molecular weight excluding hydrogens is 232 g/mol. The van der Waals surface area contributed by atoms with Crippen molar-refractivity contribution in [3.63, 3.8) is 0 Å². The lowest BCUT2D eigenvalue weighted by Crippen LogP contribution is -2.31. The minimum Gasteiger partial charge on any atom is -0.338 e. The topological polar surface area (TPSA) is 33.2 Å². The number of aromatic nitrogens is 1. The fourth-order valence-corrected chi connectivity index (χ4v) is 2.10. The second-order valence-electron chi connectivity index (χ2n) is 4.32. The molecule has 0 spiro atoms. The molecule has 1 atom stereocenters. The maximum absolute atomic E-state index is 12.0. The molecule has 0 aromatic carbocycles. The number of hydrogen-bond acceptors (Lipinski definition) is 3. The Hall–Kier alpha value is -1.03. The van der Waals surface area contributed by atoms with E-state index in [0.29, 0.717) is 11.0 Å². The molecule has 17 heavy (non-hydrogen) atoms. The van der Waals surface area contributed by atoms with Crippen LogP contribution < -0.4 is 0 Å². The molecule has 0 saturated heterocycles. The number of thioether (sulfide) groups is 1. The molecule has 3 nitrogen and oxygen atoms in total. The van der Waals surface area contributed by atoms with Crippen LogP contribution in [-0.2, 0) is 4.79 Å². The molecule has 0 aliphatic rings. The Kier molecular flexibility index (Phi) is 5.48. The number of amides is 1. The Morgan fingerprint density at radius 3 is 2.47 bits per heavy atom. The summed E-state index contributed by atoms with van der Waals surface area (Å²) in [5.74, 6) is 0.719. The first kappa shape index (κ1) is 14.0. The maximum atomic E-state index is 12.0. The van der Waals surface area contributed by atoms with Crippen LogP contribution in [0.3, 0.4) is 0 Å². The van der Waals surface area contributed by atoms with Crippen LogP contribution >= 0.6 is 11.8 Å². The zero-order chi connectivity index (χ0) is 12.8. The van der Waals surface area contributed by atoms with Gasteiger partial charge in [-0.3, -0.25) is 9.78 Å². The lowest BCUT2D eigenvalue weighted by molar-refractivity contribution is -0.128. The number of pyridine rings is 1. The van der Waals surface area contributed by atoms with Gasteiger partial charge in [0.15, 0.2) is 0 Å². The van der Waals surface area contributed by atoms with Crippen LogP contribution in [0.1, 0.15) is 32.4 Å². The Morgan fingerprint density at radius 1 is 1.35 bits per heavy atom. The van der Waals surface area contributed by atoms with Crippen LogP contribution in [0.2, 0.25) is 0 Å². The Balaban J connectivity index is 2.57. The molecule has 1 unspecified atom stereocenters. The molecule has 1 rings (SSSR count). The number of nitrogens with zero attached hydrogens (tertiary/aromatic N) is 2. The highest BCUT2D eigenvalue weighted by molar-refractivity contribution is 8.00. The smallest absolute Gasteiger partial charge is 0.232 e. The number of carbonyl (C=O) groups excluding carboxylic acids is 1. The molecule has 1 heterocycles. The van der Waals surface area contributed by atoms with Crippen molar-refractivity contribution in [1.29, 1.82) is 0 Å². The van der Waals surface area contributed by atoms with Crippen molar-refractivity contribution >= 4 is 17.7 Å². The standard InChI is InChI=1S/C13H20N2OS/c1-10(2)17-9-13(16)15(4)11(3)12-5-7-14-8-6-12/h5-8,10-11H,9H2,1-4H3. The number of hydrogen-bond donors (Lipinski definition) is 0. The molecule has 1 aromatic rings. The van der Waals surface area contributed by atoms with Gasteiger partial charge in [-0.2, -0.15) is 0 Å². The van der Waals surface area contributed by atoms with Crippen LogP contribution in [-0.4, -0.2) is 33.8 Å². The van der Waals surface area contributed by atoms with E-state index in [1.165, 1.54) is 0 Å². The van der Waals surface area contributed by atoms with E-state index in [4.69, 9.17) is 0 Å². The third kappa shape index (κ3) is 4.38. The van der Waals surface area contributed by atoms with Gasteiger partial charge in [0.2, 0.25) is 5.91 Å².